The summed E-state index contributed by atoms with van der Waals surface area (Å²) in [6.45, 7) is 0. The van der Waals surface area contributed by atoms with E-state index in [0.717, 1.165) is 28.2 Å². The number of hydrogen-bond donors (Lipinski definition) is 1. The van der Waals surface area contributed by atoms with Gasteiger partial charge in [0, 0.05) is 48.4 Å². The molecule has 6 heteroatoms. The van der Waals surface area contributed by atoms with E-state index in [1.54, 1.807) is 36.4 Å². The molecular weight excluding hydrogens is 396 g/mol. The smallest absolute Gasteiger partial charge is 0.152 e. The average Bonchev–Trinajstić information content (AvgIpc) is 2.82. The maximum absolute atomic E-state index is 8.39. The Morgan fingerprint density at radius 2 is 1.06 bits per heavy atom. The lowest BCUT2D eigenvalue weighted by molar-refractivity contribution is 1.13. The van der Waals surface area contributed by atoms with Crippen molar-refractivity contribution in [3.05, 3.63) is 83.9 Å². The van der Waals surface area contributed by atoms with Crippen LogP contribution in [-0.2, 0) is 0 Å². The van der Waals surface area contributed by atoms with Crippen molar-refractivity contribution >= 4 is 22.7 Å². The number of azo groups is 1. The summed E-state index contributed by atoms with van der Waals surface area (Å²) in [5, 5.41) is 24.9. The molecule has 0 bridgehead atoms. The monoisotopic (exact) mass is 416 g/mol. The topological polar surface area (TPSA) is 102 Å². The Morgan fingerprint density at radius 1 is 0.656 bits per heavy atom. The minimum atomic E-state index is 0.701. The fraction of sp³-hybridized carbons (Fsp3) is 0.0769. The minimum absolute atomic E-state index is 0.701. The van der Waals surface area contributed by atoms with E-state index in [1.165, 1.54) is 0 Å². The molecule has 6 nitrogen and oxygen atoms in total. The second-order valence-corrected chi connectivity index (χ2v) is 6.50. The molecule has 0 atom stereocenters. The SMILES string of the molecule is CN(C)c1ccc(N=Nc2ccc(C#CC#N)cc2)cc1.N#CC#Cc1ccc(N)cc1. The first-order valence-electron chi connectivity index (χ1n) is 9.47. The summed E-state index contributed by atoms with van der Waals surface area (Å²) >= 11 is 0. The van der Waals surface area contributed by atoms with E-state index in [1.807, 2.05) is 67.5 Å². The van der Waals surface area contributed by atoms with Gasteiger partial charge in [0.25, 0.3) is 0 Å². The zero-order valence-corrected chi connectivity index (χ0v) is 17.7. The number of nitrogens with two attached hydrogens (primary N) is 1. The van der Waals surface area contributed by atoms with Crippen LogP contribution >= 0.6 is 0 Å². The van der Waals surface area contributed by atoms with Gasteiger partial charge < -0.3 is 10.6 Å². The summed E-state index contributed by atoms with van der Waals surface area (Å²) in [5.41, 5.74) is 10.4. The Balaban J connectivity index is 0.000000278. The molecule has 0 radical (unpaired) electrons. The molecule has 2 N–H and O–H groups in total. The van der Waals surface area contributed by atoms with E-state index in [9.17, 15) is 0 Å². The molecule has 32 heavy (non-hydrogen) atoms. The molecule has 3 rings (SSSR count). The minimum Gasteiger partial charge on any atom is -0.399 e. The first kappa shape index (κ1) is 23.2. The first-order chi connectivity index (χ1) is 15.5. The van der Waals surface area contributed by atoms with E-state index in [-0.39, 0.29) is 0 Å². The van der Waals surface area contributed by atoms with Crippen LogP contribution in [0.15, 0.2) is 83.0 Å². The Labute approximate surface area is 188 Å². The normalized spacial score (nSPS) is 9.00. The third kappa shape index (κ3) is 8.14. The quantitative estimate of drug-likeness (QED) is 0.361. The lowest BCUT2D eigenvalue weighted by atomic mass is 10.2. The van der Waals surface area contributed by atoms with Crippen molar-refractivity contribution in [3.63, 3.8) is 0 Å². The van der Waals surface area contributed by atoms with Crippen molar-refractivity contribution in [3.8, 4) is 35.8 Å². The first-order valence-corrected chi connectivity index (χ1v) is 9.47. The maximum atomic E-state index is 8.39. The highest BCUT2D eigenvalue weighted by atomic mass is 15.1. The van der Waals surface area contributed by atoms with Crippen molar-refractivity contribution in [2.24, 2.45) is 10.2 Å². The van der Waals surface area contributed by atoms with Crippen LogP contribution in [0, 0.1) is 46.3 Å². The molecule has 0 saturated carbocycles. The molecule has 0 aliphatic carbocycles. The van der Waals surface area contributed by atoms with Crippen LogP contribution in [0.5, 0.6) is 0 Å². The second kappa shape index (κ2) is 12.5. The standard InChI is InChI=1S/C17H14N4.C9H6N2/c1-21(2)17-11-9-16(10-12-17)20-19-15-7-5-14(6-8-15)4-3-13-18;10-7-1-2-8-3-5-9(11)6-4-8/h5-12H,1-2H3;3-6H,11H2. The molecule has 154 valence electrons. The van der Waals surface area contributed by atoms with Crippen LogP contribution in [0.2, 0.25) is 0 Å². The van der Waals surface area contributed by atoms with Gasteiger partial charge in [0.15, 0.2) is 12.1 Å². The molecule has 0 saturated heterocycles. The predicted octanol–water partition coefficient (Wildman–Crippen LogP) is 5.19. The van der Waals surface area contributed by atoms with Gasteiger partial charge in [-0.3, -0.25) is 0 Å². The summed E-state index contributed by atoms with van der Waals surface area (Å²) in [4.78, 5) is 2.03. The van der Waals surface area contributed by atoms with Crippen molar-refractivity contribution in [1.29, 1.82) is 10.5 Å². The lowest BCUT2D eigenvalue weighted by Crippen LogP contribution is -2.07. The van der Waals surface area contributed by atoms with Gasteiger partial charge >= 0.3 is 0 Å². The van der Waals surface area contributed by atoms with Crippen LogP contribution in [-0.4, -0.2) is 14.1 Å². The molecule has 0 heterocycles. The summed E-state index contributed by atoms with van der Waals surface area (Å²) in [5.74, 6) is 10.0. The fourth-order valence-corrected chi connectivity index (χ4v) is 2.31. The highest BCUT2D eigenvalue weighted by Gasteiger charge is 1.95. The summed E-state index contributed by atoms with van der Waals surface area (Å²) in [7, 11) is 3.99. The molecule has 0 fully saturated rings. The van der Waals surface area contributed by atoms with E-state index >= 15 is 0 Å². The fourth-order valence-electron chi connectivity index (χ4n) is 2.31. The zero-order valence-electron chi connectivity index (χ0n) is 17.7. The van der Waals surface area contributed by atoms with Gasteiger partial charge in [-0.2, -0.15) is 20.8 Å². The third-order valence-electron chi connectivity index (χ3n) is 3.95. The van der Waals surface area contributed by atoms with Crippen molar-refractivity contribution in [1.82, 2.24) is 0 Å². The number of nitriles is 2. The number of rotatable bonds is 3. The van der Waals surface area contributed by atoms with Crippen LogP contribution in [0.3, 0.4) is 0 Å². The Hall–Kier alpha value is -5.04. The largest absolute Gasteiger partial charge is 0.399 e. The number of anilines is 2. The molecule has 3 aromatic rings. The third-order valence-corrected chi connectivity index (χ3v) is 3.95. The second-order valence-electron chi connectivity index (χ2n) is 6.50. The number of nitrogens with zero attached hydrogens (tertiary/aromatic N) is 5. The zero-order chi connectivity index (χ0) is 23.2. The molecule has 0 unspecified atom stereocenters. The number of hydrogen-bond acceptors (Lipinski definition) is 6. The predicted molar refractivity (Wildman–Crippen MR) is 127 cm³/mol. The summed E-state index contributed by atoms with van der Waals surface area (Å²) in [6, 6.07) is 25.7. The molecule has 0 spiro atoms. The van der Waals surface area contributed by atoms with Gasteiger partial charge in [-0.25, -0.2) is 0 Å². The van der Waals surface area contributed by atoms with Gasteiger partial charge in [-0.1, -0.05) is 11.8 Å². The van der Waals surface area contributed by atoms with Crippen LogP contribution in [0.25, 0.3) is 0 Å². The van der Waals surface area contributed by atoms with E-state index in [0.29, 0.717) is 5.69 Å². The van der Waals surface area contributed by atoms with Gasteiger partial charge in [0.05, 0.1) is 11.4 Å². The molecule has 0 aromatic heterocycles. The van der Waals surface area contributed by atoms with Gasteiger partial charge in [0.2, 0.25) is 0 Å². The highest BCUT2D eigenvalue weighted by Crippen LogP contribution is 2.21. The number of nitrogen functional groups attached to an aromatic ring is 1. The van der Waals surface area contributed by atoms with E-state index < -0.39 is 0 Å². The molecular formula is C26H20N6. The lowest BCUT2D eigenvalue weighted by Gasteiger charge is -2.11. The summed E-state index contributed by atoms with van der Waals surface area (Å²) in [6.07, 6.45) is 0. The number of benzene rings is 3. The van der Waals surface area contributed by atoms with Crippen LogP contribution in [0.1, 0.15) is 11.1 Å². The van der Waals surface area contributed by atoms with Crippen molar-refractivity contribution in [2.45, 2.75) is 0 Å². The Bertz CT molecular complexity index is 1250. The van der Waals surface area contributed by atoms with Gasteiger partial charge in [0.1, 0.15) is 0 Å². The molecule has 0 aliphatic heterocycles. The maximum Gasteiger partial charge on any atom is 0.152 e. The Kier molecular flexibility index (Phi) is 9.08. The summed E-state index contributed by atoms with van der Waals surface area (Å²) < 4.78 is 0. The molecule has 3 aromatic carbocycles. The highest BCUT2D eigenvalue weighted by molar-refractivity contribution is 5.52. The van der Waals surface area contributed by atoms with Crippen molar-refractivity contribution in [2.75, 3.05) is 24.7 Å². The molecule has 0 amide bonds. The average molecular weight is 416 g/mol. The Morgan fingerprint density at radius 3 is 1.47 bits per heavy atom. The van der Waals surface area contributed by atoms with Gasteiger partial charge in [-0.05, 0) is 72.8 Å². The molecule has 0 aliphatic rings. The van der Waals surface area contributed by atoms with Crippen LogP contribution < -0.4 is 10.6 Å². The van der Waals surface area contributed by atoms with Gasteiger partial charge in [-0.15, -0.1) is 0 Å². The van der Waals surface area contributed by atoms with Crippen molar-refractivity contribution < 1.29 is 0 Å². The van der Waals surface area contributed by atoms with Crippen LogP contribution in [0.4, 0.5) is 22.7 Å². The van der Waals surface area contributed by atoms with E-state index in [2.05, 4.69) is 33.9 Å². The van der Waals surface area contributed by atoms with E-state index in [4.69, 9.17) is 16.3 Å².